The molecule has 3 aliphatic heterocycles. The lowest BCUT2D eigenvalue weighted by Crippen LogP contribution is -2.55. The zero-order valence-corrected chi connectivity index (χ0v) is 19.0. The van der Waals surface area contributed by atoms with E-state index in [4.69, 9.17) is 9.47 Å². The summed E-state index contributed by atoms with van der Waals surface area (Å²) in [5, 5.41) is 3.91. The maximum Gasteiger partial charge on any atom is 0.416 e. The molecule has 0 aliphatic carbocycles. The Labute approximate surface area is 199 Å². The zero-order chi connectivity index (χ0) is 24.6. The number of piperidine rings is 2. The van der Waals surface area contributed by atoms with E-state index in [0.29, 0.717) is 51.9 Å². The summed E-state index contributed by atoms with van der Waals surface area (Å²) >= 11 is 0. The van der Waals surface area contributed by atoms with Crippen LogP contribution in [-0.2, 0) is 15.7 Å². The summed E-state index contributed by atoms with van der Waals surface area (Å²) in [6, 6.07) is 3.40. The van der Waals surface area contributed by atoms with E-state index in [1.807, 2.05) is 0 Å². The zero-order valence-electron chi connectivity index (χ0n) is 19.0. The van der Waals surface area contributed by atoms with Crippen LogP contribution in [0.25, 0.3) is 5.69 Å². The fourth-order valence-corrected chi connectivity index (χ4v) is 5.00. The lowest BCUT2D eigenvalue weighted by Gasteiger charge is -2.43. The summed E-state index contributed by atoms with van der Waals surface area (Å²) in [4.78, 5) is 32.1. The molecule has 0 unspecified atom stereocenters. The van der Waals surface area contributed by atoms with Gasteiger partial charge in [-0.3, -0.25) is 4.79 Å². The number of hydrogen-bond acceptors (Lipinski definition) is 6. The lowest BCUT2D eigenvalue weighted by atomic mass is 9.88. The first-order chi connectivity index (χ1) is 16.8. The van der Waals surface area contributed by atoms with E-state index < -0.39 is 11.7 Å². The van der Waals surface area contributed by atoms with Crippen molar-refractivity contribution in [2.75, 3.05) is 32.8 Å². The second-order valence-electron chi connectivity index (χ2n) is 9.23. The first-order valence-corrected chi connectivity index (χ1v) is 11.7. The predicted octanol–water partition coefficient (Wildman–Crippen LogP) is 2.93. The van der Waals surface area contributed by atoms with Crippen molar-refractivity contribution >= 4 is 11.8 Å². The molecule has 0 saturated carbocycles. The number of urea groups is 1. The average molecular weight is 493 g/mol. The Bertz CT molecular complexity index is 1070. The van der Waals surface area contributed by atoms with Gasteiger partial charge in [-0.2, -0.15) is 18.3 Å². The third-order valence-corrected chi connectivity index (χ3v) is 6.80. The van der Waals surface area contributed by atoms with E-state index in [9.17, 15) is 22.8 Å². The highest BCUT2D eigenvalue weighted by Crippen LogP contribution is 2.34. The molecule has 3 aliphatic rings. The number of nitrogens with zero attached hydrogens (tertiary/aromatic N) is 5. The van der Waals surface area contributed by atoms with Crippen LogP contribution in [0.3, 0.4) is 0 Å². The number of ether oxygens (including phenoxy) is 2. The summed E-state index contributed by atoms with van der Waals surface area (Å²) in [6.07, 6.45) is -0.0930. The van der Waals surface area contributed by atoms with Gasteiger partial charge in [-0.15, -0.1) is 0 Å². The molecule has 0 radical (unpaired) electrons. The van der Waals surface area contributed by atoms with Gasteiger partial charge in [0, 0.05) is 57.4 Å². The molecule has 2 aromatic rings. The van der Waals surface area contributed by atoms with Crippen LogP contribution in [0, 0.1) is 5.92 Å². The summed E-state index contributed by atoms with van der Waals surface area (Å²) in [5.74, 6) is 0.203. The van der Waals surface area contributed by atoms with Gasteiger partial charge in [-0.05, 0) is 18.6 Å². The van der Waals surface area contributed by atoms with E-state index in [2.05, 4.69) is 10.1 Å². The minimum absolute atomic E-state index is 0.0331. The van der Waals surface area contributed by atoms with Crippen molar-refractivity contribution in [2.45, 2.75) is 44.1 Å². The average Bonchev–Trinajstić information content (AvgIpc) is 3.38. The number of rotatable bonds is 3. The number of aromatic nitrogens is 3. The molecular formula is C23H26F3N5O4. The Kier molecular flexibility index (Phi) is 6.39. The standard InChI is InChI=1S/C23H26F3N5O4/c24-23(25,26)16-8-17(31-14-27-13-28-31)10-20(9-16)35-19-1-4-29(5-2-19)22(33)30-6-3-21-15(11-30)7-18(32)12-34-21/h8-10,13-15,19,21H,1-7,11-12H2/t15-,21+/m1/s1. The molecule has 0 spiro atoms. The molecule has 2 amide bonds. The third kappa shape index (κ3) is 5.26. The molecule has 1 aromatic carbocycles. The van der Waals surface area contributed by atoms with Gasteiger partial charge >= 0.3 is 12.2 Å². The van der Waals surface area contributed by atoms with E-state index in [-0.39, 0.29) is 48.0 Å². The van der Waals surface area contributed by atoms with Gasteiger partial charge in [0.2, 0.25) is 0 Å². The van der Waals surface area contributed by atoms with Crippen molar-refractivity contribution in [3.8, 4) is 11.4 Å². The Balaban J connectivity index is 1.20. The highest BCUT2D eigenvalue weighted by molar-refractivity contribution is 5.81. The highest BCUT2D eigenvalue weighted by Gasteiger charge is 2.38. The SMILES string of the molecule is O=C1CO[C@H]2CCN(C(=O)N3CCC(Oc4cc(-n5cncn5)cc(C(F)(F)F)c4)CC3)C[C@H]2C1. The van der Waals surface area contributed by atoms with Gasteiger partial charge in [0.25, 0.3) is 0 Å². The number of hydrogen-bond donors (Lipinski definition) is 0. The molecule has 0 N–H and O–H groups in total. The number of benzene rings is 1. The Hall–Kier alpha value is -3.15. The van der Waals surface area contributed by atoms with E-state index in [1.165, 1.54) is 23.4 Å². The molecule has 188 valence electrons. The number of alkyl halides is 3. The van der Waals surface area contributed by atoms with Crippen LogP contribution in [0.2, 0.25) is 0 Å². The monoisotopic (exact) mass is 493 g/mol. The number of ketones is 1. The van der Waals surface area contributed by atoms with Gasteiger partial charge in [0.1, 0.15) is 31.1 Å². The minimum atomic E-state index is -4.54. The number of carbonyl (C=O) groups is 2. The molecule has 12 heteroatoms. The highest BCUT2D eigenvalue weighted by atomic mass is 19.4. The van der Waals surface area contributed by atoms with Crippen LogP contribution < -0.4 is 4.74 Å². The van der Waals surface area contributed by atoms with Crippen molar-refractivity contribution < 1.29 is 32.2 Å². The summed E-state index contributed by atoms with van der Waals surface area (Å²) in [6.45, 7) is 2.13. The van der Waals surface area contributed by atoms with Crippen molar-refractivity contribution in [1.82, 2.24) is 24.6 Å². The molecule has 5 rings (SSSR count). The van der Waals surface area contributed by atoms with Gasteiger partial charge < -0.3 is 19.3 Å². The maximum atomic E-state index is 13.4. The first-order valence-electron chi connectivity index (χ1n) is 11.7. The fraction of sp³-hybridized carbons (Fsp3) is 0.565. The Morgan fingerprint density at radius 2 is 1.86 bits per heavy atom. The number of halogens is 3. The van der Waals surface area contributed by atoms with Crippen LogP contribution in [0.5, 0.6) is 5.75 Å². The fourth-order valence-electron chi connectivity index (χ4n) is 5.00. The number of amides is 2. The number of likely N-dealkylation sites (tertiary alicyclic amines) is 2. The number of carbonyl (C=O) groups excluding carboxylic acids is 2. The summed E-state index contributed by atoms with van der Waals surface area (Å²) in [5.41, 5.74) is -0.629. The van der Waals surface area contributed by atoms with Crippen molar-refractivity contribution in [3.63, 3.8) is 0 Å². The number of Topliss-reactive ketones (excluding diaryl/α,β-unsaturated/α-hetero) is 1. The predicted molar refractivity (Wildman–Crippen MR) is 116 cm³/mol. The Morgan fingerprint density at radius 1 is 1.09 bits per heavy atom. The van der Waals surface area contributed by atoms with E-state index in [1.54, 1.807) is 9.80 Å². The third-order valence-electron chi connectivity index (χ3n) is 6.80. The molecule has 0 bridgehead atoms. The maximum absolute atomic E-state index is 13.4. The summed E-state index contributed by atoms with van der Waals surface area (Å²) in [7, 11) is 0. The quantitative estimate of drug-likeness (QED) is 0.653. The van der Waals surface area contributed by atoms with Crippen molar-refractivity contribution in [2.24, 2.45) is 5.92 Å². The molecule has 4 heterocycles. The smallest absolute Gasteiger partial charge is 0.416 e. The van der Waals surface area contributed by atoms with Crippen LogP contribution >= 0.6 is 0 Å². The van der Waals surface area contributed by atoms with Crippen molar-refractivity contribution in [1.29, 1.82) is 0 Å². The topological polar surface area (TPSA) is 89.8 Å². The van der Waals surface area contributed by atoms with Crippen molar-refractivity contribution in [3.05, 3.63) is 36.4 Å². The molecule has 2 atom stereocenters. The van der Waals surface area contributed by atoms with Crippen LogP contribution in [-0.4, -0.2) is 81.4 Å². The van der Waals surface area contributed by atoms with E-state index in [0.717, 1.165) is 12.1 Å². The van der Waals surface area contributed by atoms with Gasteiger partial charge in [-0.1, -0.05) is 0 Å². The second-order valence-corrected chi connectivity index (χ2v) is 9.23. The van der Waals surface area contributed by atoms with Crippen LogP contribution in [0.1, 0.15) is 31.2 Å². The molecule has 3 saturated heterocycles. The number of fused-ring (bicyclic) bond motifs is 1. The molecule has 35 heavy (non-hydrogen) atoms. The van der Waals surface area contributed by atoms with Crippen LogP contribution in [0.4, 0.5) is 18.0 Å². The molecule has 3 fully saturated rings. The Morgan fingerprint density at radius 3 is 2.57 bits per heavy atom. The van der Waals surface area contributed by atoms with Gasteiger partial charge in [0.05, 0.1) is 17.4 Å². The van der Waals surface area contributed by atoms with Gasteiger partial charge in [0.15, 0.2) is 5.78 Å². The molecular weight excluding hydrogens is 467 g/mol. The minimum Gasteiger partial charge on any atom is -0.490 e. The summed E-state index contributed by atoms with van der Waals surface area (Å²) < 4.78 is 53.1. The second kappa shape index (κ2) is 9.48. The first kappa shape index (κ1) is 23.6. The normalized spacial score (nSPS) is 23.8. The van der Waals surface area contributed by atoms with Crippen LogP contribution in [0.15, 0.2) is 30.9 Å². The lowest BCUT2D eigenvalue weighted by molar-refractivity contribution is -0.140. The van der Waals surface area contributed by atoms with Gasteiger partial charge in [-0.25, -0.2) is 14.5 Å². The van der Waals surface area contributed by atoms with E-state index >= 15 is 0 Å². The molecule has 1 aromatic heterocycles. The molecule has 9 nitrogen and oxygen atoms in total. The largest absolute Gasteiger partial charge is 0.490 e.